The molecule has 11 heteroatoms. The lowest BCUT2D eigenvalue weighted by Gasteiger charge is -2.38. The average molecular weight is 407 g/mol. The zero-order valence-corrected chi connectivity index (χ0v) is 16.2. The molecule has 2 saturated heterocycles. The Morgan fingerprint density at radius 2 is 1.15 bits per heavy atom. The van der Waals surface area contributed by atoms with Crippen molar-refractivity contribution in [2.45, 2.75) is 4.90 Å². The second-order valence-corrected chi connectivity index (χ2v) is 10.3. The van der Waals surface area contributed by atoms with Crippen LogP contribution in [0.15, 0.2) is 29.2 Å². The van der Waals surface area contributed by atoms with Crippen LogP contribution in [0.25, 0.3) is 0 Å². The highest BCUT2D eigenvalue weighted by molar-refractivity contribution is 7.89. The van der Waals surface area contributed by atoms with E-state index in [1.165, 1.54) is 25.0 Å². The standard InChI is InChI=1S/C15H23FN4O4S2/c1-17-6-8-19(9-7-17)26(23,24)20-12-10-18(11-13-20)25(21,22)15-4-2-14(16)3-5-15/h2-5H,6-13H2,1H3. The molecule has 2 aliphatic heterocycles. The highest BCUT2D eigenvalue weighted by Gasteiger charge is 2.36. The molecule has 2 aliphatic rings. The van der Waals surface area contributed by atoms with Crippen molar-refractivity contribution in [2.24, 2.45) is 0 Å². The van der Waals surface area contributed by atoms with E-state index in [-0.39, 0.29) is 31.1 Å². The fraction of sp³-hybridized carbons (Fsp3) is 0.600. The van der Waals surface area contributed by atoms with Gasteiger partial charge in [-0.1, -0.05) is 0 Å². The van der Waals surface area contributed by atoms with E-state index >= 15 is 0 Å². The number of nitrogens with zero attached hydrogens (tertiary/aromatic N) is 4. The van der Waals surface area contributed by atoms with Crippen LogP contribution >= 0.6 is 0 Å². The van der Waals surface area contributed by atoms with Gasteiger partial charge < -0.3 is 4.90 Å². The minimum Gasteiger partial charge on any atom is -0.304 e. The Morgan fingerprint density at radius 1 is 0.731 bits per heavy atom. The van der Waals surface area contributed by atoms with Crippen LogP contribution in [-0.4, -0.2) is 94.1 Å². The van der Waals surface area contributed by atoms with Gasteiger partial charge in [0.25, 0.3) is 10.2 Å². The van der Waals surface area contributed by atoms with Crippen LogP contribution in [0.2, 0.25) is 0 Å². The minimum absolute atomic E-state index is 0.00859. The predicted molar refractivity (Wildman–Crippen MR) is 94.7 cm³/mol. The number of likely N-dealkylation sites (N-methyl/N-ethyl adjacent to an activating group) is 1. The second kappa shape index (κ2) is 7.49. The molecular weight excluding hydrogens is 383 g/mol. The fourth-order valence-corrected chi connectivity index (χ4v) is 6.08. The molecule has 0 amide bonds. The van der Waals surface area contributed by atoms with Gasteiger partial charge in [0.2, 0.25) is 10.0 Å². The molecule has 8 nitrogen and oxygen atoms in total. The van der Waals surface area contributed by atoms with Crippen LogP contribution in [0.1, 0.15) is 0 Å². The van der Waals surface area contributed by atoms with Gasteiger partial charge in [-0.3, -0.25) is 0 Å². The molecule has 3 rings (SSSR count). The summed E-state index contributed by atoms with van der Waals surface area (Å²) in [7, 11) is -5.39. The van der Waals surface area contributed by atoms with E-state index in [2.05, 4.69) is 4.90 Å². The zero-order valence-electron chi connectivity index (χ0n) is 14.6. The lowest BCUT2D eigenvalue weighted by atomic mass is 10.4. The van der Waals surface area contributed by atoms with Crippen molar-refractivity contribution in [1.82, 2.24) is 17.8 Å². The number of piperazine rings is 2. The third-order valence-electron chi connectivity index (χ3n) is 4.76. The lowest BCUT2D eigenvalue weighted by molar-refractivity contribution is 0.201. The molecule has 2 fully saturated rings. The summed E-state index contributed by atoms with van der Waals surface area (Å²) in [5, 5.41) is 0. The van der Waals surface area contributed by atoms with E-state index in [0.29, 0.717) is 26.2 Å². The number of hydrogen-bond donors (Lipinski definition) is 0. The summed E-state index contributed by atoms with van der Waals surface area (Å²) < 4.78 is 67.7. The molecule has 0 spiro atoms. The van der Waals surface area contributed by atoms with E-state index < -0.39 is 26.0 Å². The van der Waals surface area contributed by atoms with Crippen molar-refractivity contribution in [3.05, 3.63) is 30.1 Å². The largest absolute Gasteiger partial charge is 0.304 e. The number of halogens is 1. The molecular formula is C15H23FN4O4S2. The van der Waals surface area contributed by atoms with Gasteiger partial charge in [0.15, 0.2) is 0 Å². The Bertz CT molecular complexity index is 829. The highest BCUT2D eigenvalue weighted by Crippen LogP contribution is 2.20. The van der Waals surface area contributed by atoms with Crippen LogP contribution in [0.5, 0.6) is 0 Å². The van der Waals surface area contributed by atoms with Gasteiger partial charge in [0, 0.05) is 52.4 Å². The summed E-state index contributed by atoms with van der Waals surface area (Å²) in [6, 6.07) is 4.64. The van der Waals surface area contributed by atoms with Gasteiger partial charge >= 0.3 is 0 Å². The van der Waals surface area contributed by atoms with Crippen LogP contribution < -0.4 is 0 Å². The van der Waals surface area contributed by atoms with E-state index in [0.717, 1.165) is 12.1 Å². The third kappa shape index (κ3) is 3.92. The van der Waals surface area contributed by atoms with Gasteiger partial charge in [0.05, 0.1) is 4.90 Å². The number of sulfonamides is 1. The van der Waals surface area contributed by atoms with Crippen molar-refractivity contribution in [3.63, 3.8) is 0 Å². The number of hydrogen-bond acceptors (Lipinski definition) is 5. The number of benzene rings is 1. The monoisotopic (exact) mass is 406 g/mol. The van der Waals surface area contributed by atoms with Crippen molar-refractivity contribution in [3.8, 4) is 0 Å². The quantitative estimate of drug-likeness (QED) is 0.681. The zero-order chi connectivity index (χ0) is 18.9. The SMILES string of the molecule is CN1CCN(S(=O)(=O)N2CCN(S(=O)(=O)c3ccc(F)cc3)CC2)CC1. The summed E-state index contributed by atoms with van der Waals surface area (Å²) in [6.07, 6.45) is 0. The van der Waals surface area contributed by atoms with Gasteiger partial charge in [-0.15, -0.1) is 0 Å². The smallest absolute Gasteiger partial charge is 0.282 e. The fourth-order valence-electron chi connectivity index (χ4n) is 3.08. The van der Waals surface area contributed by atoms with Crippen molar-refractivity contribution in [1.29, 1.82) is 0 Å². The topological polar surface area (TPSA) is 81.2 Å². The van der Waals surface area contributed by atoms with E-state index in [1.54, 1.807) is 0 Å². The molecule has 0 atom stereocenters. The molecule has 0 radical (unpaired) electrons. The molecule has 0 bridgehead atoms. The van der Waals surface area contributed by atoms with Crippen molar-refractivity contribution in [2.75, 3.05) is 59.4 Å². The van der Waals surface area contributed by atoms with Crippen molar-refractivity contribution < 1.29 is 21.2 Å². The molecule has 0 aliphatic carbocycles. The molecule has 146 valence electrons. The Labute approximate surface area is 154 Å². The van der Waals surface area contributed by atoms with Crippen LogP contribution in [0.4, 0.5) is 4.39 Å². The Balaban J connectivity index is 1.66. The molecule has 0 aromatic heterocycles. The number of rotatable bonds is 4. The van der Waals surface area contributed by atoms with Crippen LogP contribution in [0, 0.1) is 5.82 Å². The first-order valence-corrected chi connectivity index (χ1v) is 11.2. The first kappa shape index (κ1) is 19.6. The van der Waals surface area contributed by atoms with E-state index in [1.807, 2.05) is 7.05 Å². The Kier molecular flexibility index (Phi) is 5.66. The second-order valence-electron chi connectivity index (χ2n) is 6.47. The first-order chi connectivity index (χ1) is 12.2. The van der Waals surface area contributed by atoms with Crippen LogP contribution in [0.3, 0.4) is 0 Å². The summed E-state index contributed by atoms with van der Waals surface area (Å²) in [6.45, 7) is 2.60. The minimum atomic E-state index is -3.75. The molecule has 0 N–H and O–H groups in total. The molecule has 1 aromatic carbocycles. The maximum Gasteiger partial charge on any atom is 0.282 e. The molecule has 0 unspecified atom stereocenters. The summed E-state index contributed by atoms with van der Waals surface area (Å²) in [5.74, 6) is -0.507. The molecule has 0 saturated carbocycles. The summed E-state index contributed by atoms with van der Waals surface area (Å²) >= 11 is 0. The summed E-state index contributed by atoms with van der Waals surface area (Å²) in [4.78, 5) is 2.08. The maximum atomic E-state index is 13.0. The van der Waals surface area contributed by atoms with E-state index in [4.69, 9.17) is 0 Å². The van der Waals surface area contributed by atoms with Gasteiger partial charge in [0.1, 0.15) is 5.82 Å². The highest BCUT2D eigenvalue weighted by atomic mass is 32.2. The first-order valence-electron chi connectivity index (χ1n) is 8.41. The average Bonchev–Trinajstić information content (AvgIpc) is 2.62. The molecule has 2 heterocycles. The normalized spacial score (nSPS) is 22.5. The molecule has 1 aromatic rings. The Hall–Kier alpha value is -1.11. The van der Waals surface area contributed by atoms with Crippen molar-refractivity contribution >= 4 is 20.2 Å². The van der Waals surface area contributed by atoms with Gasteiger partial charge in [-0.25, -0.2) is 12.8 Å². The molecule has 26 heavy (non-hydrogen) atoms. The van der Waals surface area contributed by atoms with Gasteiger partial charge in [-0.05, 0) is 31.3 Å². The third-order valence-corrected chi connectivity index (χ3v) is 8.71. The maximum absolute atomic E-state index is 13.0. The Morgan fingerprint density at radius 3 is 1.65 bits per heavy atom. The van der Waals surface area contributed by atoms with Gasteiger partial charge in [-0.2, -0.15) is 21.3 Å². The summed E-state index contributed by atoms with van der Waals surface area (Å²) in [5.41, 5.74) is 0. The van der Waals surface area contributed by atoms with Crippen LogP contribution in [-0.2, 0) is 20.2 Å². The van der Waals surface area contributed by atoms with E-state index in [9.17, 15) is 21.2 Å². The lowest BCUT2D eigenvalue weighted by Crippen LogP contribution is -2.57. The predicted octanol–water partition coefficient (Wildman–Crippen LogP) is -0.376.